The molecule has 1 aromatic rings. The normalized spacial score (nSPS) is 8.58. The quantitative estimate of drug-likeness (QED) is 0.651. The van der Waals surface area contributed by atoms with E-state index in [2.05, 4.69) is 11.2 Å². The standard InChI is InChI=1S/C6H10N2.HNO2S/c1-5-4-6(2)8(3)7-5;1-4(2)3/h4H,1-3H3;1H. The van der Waals surface area contributed by atoms with E-state index < -0.39 is 10.5 Å². The highest BCUT2D eigenvalue weighted by molar-refractivity contribution is 7.60. The number of aromatic nitrogens is 2. The van der Waals surface area contributed by atoms with E-state index in [0.717, 1.165) is 5.69 Å². The topological polar surface area (TPSA) is 75.8 Å². The molecule has 0 aliphatic carbocycles. The summed E-state index contributed by atoms with van der Waals surface area (Å²) in [5.74, 6) is 0. The van der Waals surface area contributed by atoms with E-state index >= 15 is 0 Å². The lowest BCUT2D eigenvalue weighted by Crippen LogP contribution is -1.91. The van der Waals surface area contributed by atoms with Crippen molar-refractivity contribution in [2.75, 3.05) is 0 Å². The summed E-state index contributed by atoms with van der Waals surface area (Å²) < 4.78 is 24.7. The van der Waals surface area contributed by atoms with Gasteiger partial charge >= 0.3 is 10.5 Å². The van der Waals surface area contributed by atoms with Crippen molar-refractivity contribution in [2.45, 2.75) is 13.8 Å². The van der Waals surface area contributed by atoms with Crippen molar-refractivity contribution >= 4 is 10.5 Å². The summed E-state index contributed by atoms with van der Waals surface area (Å²) in [7, 11) is -0.664. The summed E-state index contributed by atoms with van der Waals surface area (Å²) in [4.78, 5) is 0. The van der Waals surface area contributed by atoms with Crippen LogP contribution in [0.15, 0.2) is 6.07 Å². The molecule has 0 aromatic carbocycles. The van der Waals surface area contributed by atoms with E-state index in [1.54, 1.807) is 0 Å². The van der Waals surface area contributed by atoms with Crippen LogP contribution in [0, 0.1) is 18.6 Å². The first-order chi connectivity index (χ1) is 5.43. The van der Waals surface area contributed by atoms with E-state index in [0.29, 0.717) is 0 Å². The summed E-state index contributed by atoms with van der Waals surface area (Å²) in [5, 5.41) is 4.13. The Kier molecular flexibility index (Phi) is 4.20. The zero-order chi connectivity index (χ0) is 9.72. The molecule has 0 aliphatic heterocycles. The minimum atomic E-state index is -2.61. The number of hydrogen-bond acceptors (Lipinski definition) is 4. The monoisotopic (exact) mass is 189 g/mol. The Morgan fingerprint density at radius 2 is 1.92 bits per heavy atom. The van der Waals surface area contributed by atoms with E-state index in [1.807, 2.05) is 25.6 Å². The Hall–Kier alpha value is -1.17. The maximum absolute atomic E-state index is 8.67. The van der Waals surface area contributed by atoms with Crippen LogP contribution in [-0.4, -0.2) is 18.2 Å². The molecule has 0 fully saturated rings. The molecule has 0 saturated carbocycles. The summed E-state index contributed by atoms with van der Waals surface area (Å²) in [6, 6.07) is 2.06. The second-order valence-electron chi connectivity index (χ2n) is 2.29. The fourth-order valence-electron chi connectivity index (χ4n) is 0.740. The number of rotatable bonds is 0. The largest absolute Gasteiger partial charge is 0.308 e. The fraction of sp³-hybridized carbons (Fsp3) is 0.500. The molecular formula is C6H11N3O2S. The highest BCUT2D eigenvalue weighted by Gasteiger charge is 1.91. The van der Waals surface area contributed by atoms with E-state index in [1.165, 1.54) is 5.69 Å². The van der Waals surface area contributed by atoms with Crippen molar-refractivity contribution in [3.8, 4) is 0 Å². The van der Waals surface area contributed by atoms with Crippen molar-refractivity contribution < 1.29 is 8.42 Å². The molecular weight excluding hydrogens is 178 g/mol. The van der Waals surface area contributed by atoms with Crippen molar-refractivity contribution in [1.29, 1.82) is 4.78 Å². The first-order valence-electron chi connectivity index (χ1n) is 3.21. The SMILES string of the molecule is Cc1cc(C)n(C)n1.N=S(=O)=O. The van der Waals surface area contributed by atoms with Gasteiger partial charge in [0.2, 0.25) is 0 Å². The maximum atomic E-state index is 8.67. The van der Waals surface area contributed by atoms with Crippen LogP contribution in [0.2, 0.25) is 0 Å². The van der Waals surface area contributed by atoms with Gasteiger partial charge in [-0.3, -0.25) is 4.68 Å². The van der Waals surface area contributed by atoms with Gasteiger partial charge in [0, 0.05) is 12.7 Å². The molecule has 0 aliphatic rings. The highest BCUT2D eigenvalue weighted by atomic mass is 32.2. The van der Waals surface area contributed by atoms with Crippen molar-refractivity contribution in [3.05, 3.63) is 17.5 Å². The average molecular weight is 189 g/mol. The lowest BCUT2D eigenvalue weighted by atomic mass is 10.4. The van der Waals surface area contributed by atoms with Crippen LogP contribution in [0.25, 0.3) is 0 Å². The molecule has 0 spiro atoms. The molecule has 1 N–H and O–H groups in total. The summed E-state index contributed by atoms with van der Waals surface area (Å²) in [6.45, 7) is 4.03. The molecule has 68 valence electrons. The summed E-state index contributed by atoms with van der Waals surface area (Å²) in [6.07, 6.45) is 0. The zero-order valence-electron chi connectivity index (χ0n) is 7.20. The molecule has 1 aromatic heterocycles. The first kappa shape index (κ1) is 10.8. The van der Waals surface area contributed by atoms with Gasteiger partial charge < -0.3 is 0 Å². The van der Waals surface area contributed by atoms with Crippen LogP contribution in [-0.2, 0) is 17.5 Å². The van der Waals surface area contributed by atoms with Gasteiger partial charge in [0.15, 0.2) is 0 Å². The van der Waals surface area contributed by atoms with Gasteiger partial charge in [0.05, 0.1) is 5.69 Å². The van der Waals surface area contributed by atoms with Crippen LogP contribution in [0.3, 0.4) is 0 Å². The zero-order valence-corrected chi connectivity index (χ0v) is 8.01. The first-order valence-corrected chi connectivity index (χ1v) is 4.28. The lowest BCUT2D eigenvalue weighted by molar-refractivity contribution is 0.620. The number of nitrogens with one attached hydrogen (secondary N) is 1. The van der Waals surface area contributed by atoms with Crippen LogP contribution < -0.4 is 0 Å². The van der Waals surface area contributed by atoms with Gasteiger partial charge in [0.1, 0.15) is 0 Å². The lowest BCUT2D eigenvalue weighted by Gasteiger charge is -1.87. The van der Waals surface area contributed by atoms with Crippen LogP contribution in [0.5, 0.6) is 0 Å². The Morgan fingerprint density at radius 1 is 1.50 bits per heavy atom. The minimum Gasteiger partial charge on any atom is -0.273 e. The predicted molar refractivity (Wildman–Crippen MR) is 44.3 cm³/mol. The number of aryl methyl sites for hydroxylation is 3. The van der Waals surface area contributed by atoms with E-state index in [4.69, 9.17) is 13.2 Å². The Bertz CT molecular complexity index is 325. The van der Waals surface area contributed by atoms with Crippen LogP contribution in [0.4, 0.5) is 0 Å². The smallest absolute Gasteiger partial charge is 0.273 e. The molecule has 12 heavy (non-hydrogen) atoms. The maximum Gasteiger partial charge on any atom is 0.308 e. The van der Waals surface area contributed by atoms with Crippen LogP contribution in [0.1, 0.15) is 11.4 Å². The molecule has 0 amide bonds. The van der Waals surface area contributed by atoms with Gasteiger partial charge in [-0.15, -0.1) is 0 Å². The van der Waals surface area contributed by atoms with Crippen molar-refractivity contribution in [2.24, 2.45) is 7.05 Å². The third-order valence-corrected chi connectivity index (χ3v) is 1.24. The molecule has 6 heteroatoms. The molecule has 5 nitrogen and oxygen atoms in total. The number of nitrogens with zero attached hydrogens (tertiary/aromatic N) is 2. The molecule has 0 radical (unpaired) electrons. The van der Waals surface area contributed by atoms with Gasteiger partial charge in [-0.2, -0.15) is 18.3 Å². The molecule has 0 unspecified atom stereocenters. The Morgan fingerprint density at radius 3 is 2.00 bits per heavy atom. The van der Waals surface area contributed by atoms with Gasteiger partial charge in [-0.25, -0.2) is 0 Å². The molecule has 1 heterocycles. The highest BCUT2D eigenvalue weighted by Crippen LogP contribution is 1.96. The van der Waals surface area contributed by atoms with Gasteiger partial charge in [0.25, 0.3) is 0 Å². The predicted octanol–water partition coefficient (Wildman–Crippen LogP) is 0.665. The van der Waals surface area contributed by atoms with Gasteiger partial charge in [-0.05, 0) is 19.9 Å². The van der Waals surface area contributed by atoms with Gasteiger partial charge in [-0.1, -0.05) is 0 Å². The second-order valence-corrected chi connectivity index (χ2v) is 2.75. The second kappa shape index (κ2) is 4.66. The third kappa shape index (κ3) is 4.62. The summed E-state index contributed by atoms with van der Waals surface area (Å²) in [5.41, 5.74) is 2.30. The van der Waals surface area contributed by atoms with Crippen LogP contribution >= 0.6 is 0 Å². The van der Waals surface area contributed by atoms with Crippen molar-refractivity contribution in [3.63, 3.8) is 0 Å². The summed E-state index contributed by atoms with van der Waals surface area (Å²) >= 11 is 0. The minimum absolute atomic E-state index is 1.09. The Balaban J connectivity index is 0.000000261. The average Bonchev–Trinajstić information content (AvgIpc) is 2.08. The van der Waals surface area contributed by atoms with E-state index in [-0.39, 0.29) is 0 Å². The molecule has 0 saturated heterocycles. The number of hydrogen-bond donors (Lipinski definition) is 1. The molecule has 0 atom stereocenters. The fourth-order valence-corrected chi connectivity index (χ4v) is 0.740. The molecule has 0 bridgehead atoms. The third-order valence-electron chi connectivity index (χ3n) is 1.24. The van der Waals surface area contributed by atoms with Crippen molar-refractivity contribution in [1.82, 2.24) is 9.78 Å². The Labute approximate surface area is 72.5 Å². The van der Waals surface area contributed by atoms with E-state index in [9.17, 15) is 0 Å². The molecule has 1 rings (SSSR count).